The van der Waals surface area contributed by atoms with E-state index >= 15 is 0 Å². The van der Waals surface area contributed by atoms with E-state index < -0.39 is 29.0 Å². The third-order valence-electron chi connectivity index (χ3n) is 9.24. The molecule has 2 aliphatic carbocycles. The fourth-order valence-electron chi connectivity index (χ4n) is 5.70. The van der Waals surface area contributed by atoms with Crippen molar-refractivity contribution in [2.45, 2.75) is 125 Å². The third kappa shape index (κ3) is 9.31. The Hall–Kier alpha value is -1.93. The maximum Gasteiger partial charge on any atom is 0.311 e. The first-order chi connectivity index (χ1) is 18.1. The van der Waals surface area contributed by atoms with Crippen molar-refractivity contribution in [1.82, 2.24) is 0 Å². The highest BCUT2D eigenvalue weighted by Crippen LogP contribution is 2.48. The summed E-state index contributed by atoms with van der Waals surface area (Å²) < 4.78 is 12.0. The number of aliphatic hydroxyl groups is 2. The highest BCUT2D eigenvalue weighted by molar-refractivity contribution is 5.76. The van der Waals surface area contributed by atoms with E-state index in [1.165, 1.54) is 5.57 Å². The van der Waals surface area contributed by atoms with Gasteiger partial charge in [0.25, 0.3) is 0 Å². The Morgan fingerprint density at radius 3 is 2.23 bits per heavy atom. The zero-order chi connectivity index (χ0) is 29.5. The molecule has 2 aliphatic rings. The van der Waals surface area contributed by atoms with Crippen molar-refractivity contribution in [1.29, 1.82) is 0 Å². The van der Waals surface area contributed by atoms with Crippen LogP contribution in [0.15, 0.2) is 11.6 Å². The standard InChI is InChI=1S/C31H52O8/c1-8-30(4,5)28(36)38-18-20-14-21-11-10-19(3)24(13-12-22(32)16-23(33)17-26(34)35)27(21)25(15-20)39-29(37)31(6,7)9-2/h14,19-20,22-25,27,32-33H,8-13,15-18H2,1-7H3,(H,34,35)/t19-,20-,22+,23+,24-,25-,27-/m0/s1. The molecule has 8 heteroatoms. The summed E-state index contributed by atoms with van der Waals surface area (Å²) in [5.41, 5.74) is 0.0689. The van der Waals surface area contributed by atoms with Crippen LogP contribution in [-0.4, -0.2) is 58.1 Å². The zero-order valence-corrected chi connectivity index (χ0v) is 25.1. The van der Waals surface area contributed by atoms with Crippen LogP contribution in [0.1, 0.15) is 106 Å². The third-order valence-corrected chi connectivity index (χ3v) is 9.24. The predicted octanol–water partition coefficient (Wildman–Crippen LogP) is 5.29. The van der Waals surface area contributed by atoms with E-state index in [4.69, 9.17) is 14.6 Å². The van der Waals surface area contributed by atoms with Gasteiger partial charge in [0.1, 0.15) is 6.10 Å². The summed E-state index contributed by atoms with van der Waals surface area (Å²) in [6.45, 7) is 13.9. The molecule has 1 saturated carbocycles. The minimum Gasteiger partial charge on any atom is -0.481 e. The van der Waals surface area contributed by atoms with Gasteiger partial charge in [-0.3, -0.25) is 14.4 Å². The number of hydrogen-bond acceptors (Lipinski definition) is 7. The quantitative estimate of drug-likeness (QED) is 0.196. The van der Waals surface area contributed by atoms with Gasteiger partial charge in [0.2, 0.25) is 0 Å². The van der Waals surface area contributed by atoms with E-state index in [0.717, 1.165) is 12.8 Å². The Morgan fingerprint density at radius 1 is 1.03 bits per heavy atom. The van der Waals surface area contributed by atoms with E-state index in [-0.39, 0.29) is 55.2 Å². The lowest BCUT2D eigenvalue weighted by Gasteiger charge is -2.46. The molecule has 0 aromatic rings. The molecule has 3 N–H and O–H groups in total. The number of carboxylic acids is 1. The van der Waals surface area contributed by atoms with Gasteiger partial charge in [0, 0.05) is 11.8 Å². The normalized spacial score (nSPS) is 27.1. The van der Waals surface area contributed by atoms with Gasteiger partial charge in [-0.25, -0.2) is 0 Å². The van der Waals surface area contributed by atoms with Crippen molar-refractivity contribution < 1.29 is 39.2 Å². The molecule has 0 spiro atoms. The molecule has 0 aromatic heterocycles. The van der Waals surface area contributed by atoms with Crippen molar-refractivity contribution >= 4 is 17.9 Å². The van der Waals surface area contributed by atoms with Crippen LogP contribution >= 0.6 is 0 Å². The molecule has 224 valence electrons. The molecule has 1 fully saturated rings. The molecule has 0 aromatic carbocycles. The summed E-state index contributed by atoms with van der Waals surface area (Å²) in [5.74, 6) is -1.05. The molecular weight excluding hydrogens is 500 g/mol. The highest BCUT2D eigenvalue weighted by atomic mass is 16.5. The van der Waals surface area contributed by atoms with Crippen LogP contribution in [0.3, 0.4) is 0 Å². The second-order valence-corrected chi connectivity index (χ2v) is 13.2. The van der Waals surface area contributed by atoms with Crippen molar-refractivity contribution in [2.24, 2.45) is 34.5 Å². The molecule has 7 atom stereocenters. The number of carbonyl (C=O) groups excluding carboxylic acids is 2. The molecule has 0 heterocycles. The van der Waals surface area contributed by atoms with Crippen LogP contribution in [-0.2, 0) is 23.9 Å². The average molecular weight is 553 g/mol. The lowest BCUT2D eigenvalue weighted by Crippen LogP contribution is -2.45. The minimum atomic E-state index is -1.09. The Kier molecular flexibility index (Phi) is 12.0. The van der Waals surface area contributed by atoms with E-state index in [2.05, 4.69) is 13.0 Å². The number of esters is 2. The van der Waals surface area contributed by atoms with E-state index in [9.17, 15) is 24.6 Å². The number of aliphatic carboxylic acids is 1. The molecular formula is C31H52O8. The van der Waals surface area contributed by atoms with Crippen molar-refractivity contribution in [3.8, 4) is 0 Å². The van der Waals surface area contributed by atoms with Crippen LogP contribution in [0.5, 0.6) is 0 Å². The SMILES string of the molecule is CCC(C)(C)C(=O)OC[C@H]1C=C2CC[C@H](C)[C@H](CC[C@@H](O)C[C@@H](O)CC(=O)O)[C@H]2[C@@H](OC(=O)C(C)(C)CC)C1. The monoisotopic (exact) mass is 552 g/mol. The maximum absolute atomic E-state index is 13.2. The van der Waals surface area contributed by atoms with Crippen molar-refractivity contribution in [2.75, 3.05) is 6.61 Å². The number of rotatable bonds is 14. The fourth-order valence-corrected chi connectivity index (χ4v) is 5.70. The molecule has 2 rings (SSSR count). The number of aliphatic hydroxyl groups excluding tert-OH is 2. The molecule has 0 aliphatic heterocycles. The Bertz CT molecular complexity index is 876. The maximum atomic E-state index is 13.2. The summed E-state index contributed by atoms with van der Waals surface area (Å²) in [4.78, 5) is 36.7. The fraction of sp³-hybridized carbons (Fsp3) is 0.839. The van der Waals surface area contributed by atoms with Crippen LogP contribution in [0.4, 0.5) is 0 Å². The summed E-state index contributed by atoms with van der Waals surface area (Å²) in [7, 11) is 0. The topological polar surface area (TPSA) is 130 Å². The van der Waals surface area contributed by atoms with Gasteiger partial charge in [-0.1, -0.05) is 32.4 Å². The largest absolute Gasteiger partial charge is 0.481 e. The van der Waals surface area contributed by atoms with Crippen LogP contribution in [0.2, 0.25) is 0 Å². The average Bonchev–Trinajstić information content (AvgIpc) is 2.85. The Balaban J connectivity index is 2.24. The molecule has 0 unspecified atom stereocenters. The van der Waals surface area contributed by atoms with Crippen molar-refractivity contribution in [3.63, 3.8) is 0 Å². The number of hydrogen-bond donors (Lipinski definition) is 3. The van der Waals surface area contributed by atoms with E-state index in [1.807, 2.05) is 41.5 Å². The van der Waals surface area contributed by atoms with Gasteiger partial charge in [-0.2, -0.15) is 0 Å². The molecule has 8 nitrogen and oxygen atoms in total. The summed E-state index contributed by atoms with van der Waals surface area (Å²) in [6, 6.07) is 0. The number of carboxylic acid groups (broad SMARTS) is 1. The van der Waals surface area contributed by atoms with Gasteiger partial charge >= 0.3 is 17.9 Å². The summed E-state index contributed by atoms with van der Waals surface area (Å²) >= 11 is 0. The minimum absolute atomic E-state index is 0.0144. The smallest absolute Gasteiger partial charge is 0.311 e. The lowest BCUT2D eigenvalue weighted by atomic mass is 9.62. The first-order valence-corrected chi connectivity index (χ1v) is 14.8. The highest BCUT2D eigenvalue weighted by Gasteiger charge is 2.45. The van der Waals surface area contributed by atoms with Gasteiger partial charge in [-0.15, -0.1) is 0 Å². The van der Waals surface area contributed by atoms with Crippen LogP contribution < -0.4 is 0 Å². The number of ether oxygens (including phenoxy) is 2. The van der Waals surface area contributed by atoms with Gasteiger partial charge in [0.15, 0.2) is 0 Å². The van der Waals surface area contributed by atoms with E-state index in [0.29, 0.717) is 38.0 Å². The number of fused-ring (bicyclic) bond motifs is 1. The second kappa shape index (κ2) is 14.1. The Morgan fingerprint density at radius 2 is 1.64 bits per heavy atom. The second-order valence-electron chi connectivity index (χ2n) is 13.2. The predicted molar refractivity (Wildman–Crippen MR) is 149 cm³/mol. The van der Waals surface area contributed by atoms with Crippen molar-refractivity contribution in [3.05, 3.63) is 11.6 Å². The molecule has 0 bridgehead atoms. The lowest BCUT2D eigenvalue weighted by molar-refractivity contribution is -0.167. The summed E-state index contributed by atoms with van der Waals surface area (Å²) in [5, 5.41) is 29.4. The van der Waals surface area contributed by atoms with Gasteiger partial charge in [0.05, 0.1) is 36.1 Å². The zero-order valence-electron chi connectivity index (χ0n) is 25.1. The molecule has 0 amide bonds. The first kappa shape index (κ1) is 33.3. The summed E-state index contributed by atoms with van der Waals surface area (Å²) in [6.07, 6.45) is 4.49. The molecule has 0 saturated heterocycles. The number of carbonyl (C=O) groups is 3. The van der Waals surface area contributed by atoms with E-state index in [1.54, 1.807) is 0 Å². The molecule has 0 radical (unpaired) electrons. The van der Waals surface area contributed by atoms with Gasteiger partial charge < -0.3 is 24.8 Å². The Labute approximate surface area is 234 Å². The molecule has 39 heavy (non-hydrogen) atoms. The first-order valence-electron chi connectivity index (χ1n) is 14.8. The van der Waals surface area contributed by atoms with Gasteiger partial charge in [-0.05, 0) is 90.9 Å². The van der Waals surface area contributed by atoms with Crippen LogP contribution in [0.25, 0.3) is 0 Å². The van der Waals surface area contributed by atoms with Crippen LogP contribution in [0, 0.1) is 34.5 Å².